The molecule has 114 valence electrons. The van der Waals surface area contributed by atoms with Crippen molar-refractivity contribution in [1.29, 1.82) is 0 Å². The molecule has 3 aromatic rings. The zero-order valence-electron chi connectivity index (χ0n) is 12.4. The normalized spacial score (nSPS) is 11.3. The summed E-state index contributed by atoms with van der Waals surface area (Å²) < 4.78 is 0. The molecule has 4 rings (SSSR count). The van der Waals surface area contributed by atoms with Crippen LogP contribution >= 0.6 is 24.8 Å². The van der Waals surface area contributed by atoms with Crippen LogP contribution in [0, 0.1) is 0 Å². The molecule has 0 saturated heterocycles. The van der Waals surface area contributed by atoms with E-state index in [9.17, 15) is 0 Å². The van der Waals surface area contributed by atoms with Crippen LogP contribution in [0.3, 0.4) is 0 Å². The first-order chi connectivity index (χ1) is 9.93. The molecule has 0 saturated carbocycles. The smallest absolute Gasteiger partial charge is 0.0949 e. The monoisotopic (exact) mass is 432 g/mol. The van der Waals surface area contributed by atoms with Gasteiger partial charge in [-0.2, -0.15) is 0 Å². The molecule has 0 aliphatic heterocycles. The van der Waals surface area contributed by atoms with Crippen LogP contribution < -0.4 is 5.19 Å². The molecule has 4 heteroatoms. The standard InChI is InChI=1S/C19H14Si.2ClH.Zr/c1-2-8-14(9-3-1)20-19-17-12-6-4-10-15(17)16-11-5-7-13-18(16)19;;;/h1-13,19H;2*1H;. The molecule has 1 aliphatic rings. The van der Waals surface area contributed by atoms with Gasteiger partial charge in [-0.1, -0.05) is 84.0 Å². The molecule has 1 aliphatic carbocycles. The van der Waals surface area contributed by atoms with E-state index in [0.29, 0.717) is 5.54 Å². The molecule has 0 bridgehead atoms. The zero-order valence-corrected chi connectivity index (χ0v) is 17.5. The minimum Gasteiger partial charge on any atom is -0.147 e. The molecule has 0 spiro atoms. The van der Waals surface area contributed by atoms with Crippen LogP contribution in [-0.4, -0.2) is 9.52 Å². The Kier molecular flexibility index (Phi) is 7.97. The summed E-state index contributed by atoms with van der Waals surface area (Å²) in [4.78, 5) is 0. The summed E-state index contributed by atoms with van der Waals surface area (Å²) in [6, 6.07) is 28.5. The first kappa shape index (κ1) is 20.4. The molecule has 0 heterocycles. The summed E-state index contributed by atoms with van der Waals surface area (Å²) in [5.41, 5.74) is 6.31. The van der Waals surface area contributed by atoms with Gasteiger partial charge in [0.15, 0.2) is 0 Å². The van der Waals surface area contributed by atoms with Crippen molar-refractivity contribution in [2.45, 2.75) is 5.54 Å². The molecule has 3 aromatic carbocycles. The Bertz CT molecular complexity index is 717. The molecule has 0 N–H and O–H groups in total. The van der Waals surface area contributed by atoms with E-state index in [1.807, 2.05) is 0 Å². The van der Waals surface area contributed by atoms with Crippen molar-refractivity contribution in [2.75, 3.05) is 0 Å². The van der Waals surface area contributed by atoms with Gasteiger partial charge in [0, 0.05) is 31.7 Å². The Balaban J connectivity index is 0.000000882. The molecule has 0 fully saturated rings. The van der Waals surface area contributed by atoms with Crippen LogP contribution in [0.5, 0.6) is 0 Å². The Labute approximate surface area is 171 Å². The summed E-state index contributed by atoms with van der Waals surface area (Å²) in [7, 11) is 0.792. The van der Waals surface area contributed by atoms with Crippen molar-refractivity contribution in [2.24, 2.45) is 0 Å². The second-order valence-corrected chi connectivity index (χ2v) is 6.56. The molecule has 23 heavy (non-hydrogen) atoms. The van der Waals surface area contributed by atoms with Crippen molar-refractivity contribution in [3.8, 4) is 11.1 Å². The van der Waals surface area contributed by atoms with Crippen molar-refractivity contribution in [3.63, 3.8) is 0 Å². The van der Waals surface area contributed by atoms with E-state index < -0.39 is 0 Å². The minimum atomic E-state index is 0. The van der Waals surface area contributed by atoms with Crippen molar-refractivity contribution in [3.05, 3.63) is 90.0 Å². The summed E-state index contributed by atoms with van der Waals surface area (Å²) in [6.07, 6.45) is 0. The van der Waals surface area contributed by atoms with Gasteiger partial charge in [0.25, 0.3) is 0 Å². The fourth-order valence-electron chi connectivity index (χ4n) is 3.01. The maximum absolute atomic E-state index is 2.29. The van der Waals surface area contributed by atoms with Crippen LogP contribution in [0.1, 0.15) is 16.7 Å². The van der Waals surface area contributed by atoms with E-state index in [1.54, 1.807) is 0 Å². The van der Waals surface area contributed by atoms with E-state index in [4.69, 9.17) is 0 Å². The number of benzene rings is 3. The van der Waals surface area contributed by atoms with E-state index in [1.165, 1.54) is 27.4 Å². The first-order valence-corrected chi connectivity index (χ1v) is 8.01. The largest absolute Gasteiger partial charge is 0.147 e. The van der Waals surface area contributed by atoms with Gasteiger partial charge in [-0.25, -0.2) is 0 Å². The third kappa shape index (κ3) is 3.88. The predicted octanol–water partition coefficient (Wildman–Crippen LogP) is 4.63. The van der Waals surface area contributed by atoms with Crippen LogP contribution in [0.15, 0.2) is 78.9 Å². The average Bonchev–Trinajstić information content (AvgIpc) is 2.84. The van der Waals surface area contributed by atoms with Gasteiger partial charge in [-0.15, -0.1) is 24.8 Å². The van der Waals surface area contributed by atoms with E-state index in [0.717, 1.165) is 9.52 Å². The van der Waals surface area contributed by atoms with Gasteiger partial charge < -0.3 is 0 Å². The molecule has 0 nitrogen and oxygen atoms in total. The molecule has 0 aromatic heterocycles. The summed E-state index contributed by atoms with van der Waals surface area (Å²) >= 11 is 0. The zero-order chi connectivity index (χ0) is 13.4. The van der Waals surface area contributed by atoms with E-state index in [-0.39, 0.29) is 51.0 Å². The molecule has 0 amide bonds. The third-order valence-electron chi connectivity index (χ3n) is 3.92. The van der Waals surface area contributed by atoms with Crippen LogP contribution in [-0.2, 0) is 26.2 Å². The van der Waals surface area contributed by atoms with Crippen LogP contribution in [0.4, 0.5) is 0 Å². The first-order valence-electron chi connectivity index (χ1n) is 6.93. The number of halogens is 2. The molecule has 0 atom stereocenters. The van der Waals surface area contributed by atoms with Gasteiger partial charge in [0.1, 0.15) is 0 Å². The summed E-state index contributed by atoms with van der Waals surface area (Å²) in [6.45, 7) is 0. The maximum atomic E-state index is 2.29. The van der Waals surface area contributed by atoms with Crippen LogP contribution in [0.25, 0.3) is 11.1 Å². The fraction of sp³-hybridized carbons (Fsp3) is 0.0526. The van der Waals surface area contributed by atoms with Gasteiger partial charge in [-0.3, -0.25) is 0 Å². The van der Waals surface area contributed by atoms with Gasteiger partial charge in [0.2, 0.25) is 0 Å². The van der Waals surface area contributed by atoms with Gasteiger partial charge in [-0.05, 0) is 22.3 Å². The number of rotatable bonds is 2. The minimum absolute atomic E-state index is 0. The summed E-state index contributed by atoms with van der Waals surface area (Å²) in [5.74, 6) is 0. The predicted molar refractivity (Wildman–Crippen MR) is 100 cm³/mol. The number of hydrogen-bond acceptors (Lipinski definition) is 0. The number of fused-ring (bicyclic) bond motifs is 3. The third-order valence-corrected chi connectivity index (χ3v) is 5.50. The molecule has 2 radical (unpaired) electrons. The Morgan fingerprint density at radius 1 is 0.565 bits per heavy atom. The topological polar surface area (TPSA) is 0 Å². The average molecular weight is 435 g/mol. The van der Waals surface area contributed by atoms with Gasteiger partial charge >= 0.3 is 0 Å². The summed E-state index contributed by atoms with van der Waals surface area (Å²) in [5, 5.41) is 1.43. The fourth-order valence-corrected chi connectivity index (χ4v) is 4.54. The van der Waals surface area contributed by atoms with E-state index in [2.05, 4.69) is 78.9 Å². The van der Waals surface area contributed by atoms with E-state index >= 15 is 0 Å². The Morgan fingerprint density at radius 3 is 1.52 bits per heavy atom. The second kappa shape index (κ2) is 8.99. The molecule has 0 unspecified atom stereocenters. The van der Waals surface area contributed by atoms with Gasteiger partial charge in [0.05, 0.1) is 9.52 Å². The van der Waals surface area contributed by atoms with Crippen molar-refractivity contribution in [1.82, 2.24) is 0 Å². The van der Waals surface area contributed by atoms with Crippen molar-refractivity contribution >= 4 is 39.5 Å². The SMILES string of the molecule is Cl.Cl.[Zr].c1ccc([Si]C2c3ccccc3-c3ccccc32)cc1. The van der Waals surface area contributed by atoms with Crippen molar-refractivity contribution < 1.29 is 26.2 Å². The Hall–Kier alpha value is -0.660. The van der Waals surface area contributed by atoms with Crippen LogP contribution in [0.2, 0.25) is 0 Å². The molecular weight excluding hydrogens is 418 g/mol. The number of hydrogen-bond donors (Lipinski definition) is 0. The maximum Gasteiger partial charge on any atom is 0.0949 e. The quantitative estimate of drug-likeness (QED) is 0.516. The Morgan fingerprint density at radius 2 is 1.00 bits per heavy atom. The molecular formula is C19H16Cl2SiZr. The second-order valence-electron chi connectivity index (χ2n) is 5.12.